The molecule has 1 aliphatic heterocycles. The van der Waals surface area contributed by atoms with Crippen LogP contribution in [0.4, 0.5) is 5.69 Å². The van der Waals surface area contributed by atoms with Crippen molar-refractivity contribution >= 4 is 11.6 Å². The number of methoxy groups -OCH3 is 3. The van der Waals surface area contributed by atoms with E-state index >= 15 is 0 Å². The number of carbonyl (C=O) groups is 1. The number of nitrogens with zero attached hydrogens (tertiary/aromatic N) is 2. The van der Waals surface area contributed by atoms with Gasteiger partial charge < -0.3 is 19.5 Å². The zero-order valence-electron chi connectivity index (χ0n) is 15.9. The Kier molecular flexibility index (Phi) is 4.65. The van der Waals surface area contributed by atoms with Crippen LogP contribution in [0.15, 0.2) is 48.7 Å². The predicted molar refractivity (Wildman–Crippen MR) is 105 cm³/mol. The Balaban J connectivity index is 1.93. The van der Waals surface area contributed by atoms with Gasteiger partial charge in [0.1, 0.15) is 0 Å². The standard InChI is InChI=1S/C21H21N3O4/c1-26-17-12-15-19(21(28-3)20(17)27-2)14(11-18(25)23-15)16-9-10-22-24(16)13-7-5-4-6-8-13/h4-10,12,14H,11H2,1-3H3,(H,23,25). The van der Waals surface area contributed by atoms with Crippen LogP contribution >= 0.6 is 0 Å². The molecule has 0 fully saturated rings. The van der Waals surface area contributed by atoms with Crippen molar-refractivity contribution in [3.8, 4) is 22.9 Å². The molecule has 0 saturated carbocycles. The highest BCUT2D eigenvalue weighted by Gasteiger charge is 2.35. The van der Waals surface area contributed by atoms with Crippen LogP contribution in [-0.4, -0.2) is 37.0 Å². The molecule has 144 valence electrons. The van der Waals surface area contributed by atoms with Gasteiger partial charge in [-0.2, -0.15) is 5.10 Å². The molecule has 1 unspecified atom stereocenters. The molecular weight excluding hydrogens is 358 g/mol. The smallest absolute Gasteiger partial charge is 0.225 e. The summed E-state index contributed by atoms with van der Waals surface area (Å²) in [6.45, 7) is 0. The topological polar surface area (TPSA) is 74.6 Å². The maximum absolute atomic E-state index is 12.5. The Morgan fingerprint density at radius 3 is 2.46 bits per heavy atom. The van der Waals surface area contributed by atoms with Crippen molar-refractivity contribution in [1.82, 2.24) is 9.78 Å². The van der Waals surface area contributed by atoms with E-state index in [4.69, 9.17) is 14.2 Å². The Labute approximate surface area is 162 Å². The number of carbonyl (C=O) groups excluding carboxylic acids is 1. The second-order valence-corrected chi connectivity index (χ2v) is 6.41. The zero-order chi connectivity index (χ0) is 19.7. The van der Waals surface area contributed by atoms with E-state index in [9.17, 15) is 4.79 Å². The highest BCUT2D eigenvalue weighted by Crippen LogP contribution is 2.51. The molecule has 0 spiro atoms. The Morgan fingerprint density at radius 2 is 1.79 bits per heavy atom. The molecule has 0 radical (unpaired) electrons. The summed E-state index contributed by atoms with van der Waals surface area (Å²) in [7, 11) is 4.70. The number of hydrogen-bond donors (Lipinski definition) is 1. The van der Waals surface area contributed by atoms with Gasteiger partial charge >= 0.3 is 0 Å². The molecule has 0 bridgehead atoms. The molecule has 4 rings (SSSR count). The number of nitrogens with one attached hydrogen (secondary N) is 1. The van der Waals surface area contributed by atoms with E-state index in [1.807, 2.05) is 41.1 Å². The number of fused-ring (bicyclic) bond motifs is 1. The van der Waals surface area contributed by atoms with Gasteiger partial charge in [0, 0.05) is 30.2 Å². The summed E-state index contributed by atoms with van der Waals surface area (Å²) in [5.74, 6) is 1.21. The van der Waals surface area contributed by atoms with E-state index in [0.717, 1.165) is 16.9 Å². The molecule has 2 aromatic carbocycles. The van der Waals surface area contributed by atoms with Gasteiger partial charge in [-0.15, -0.1) is 0 Å². The van der Waals surface area contributed by atoms with Crippen LogP contribution in [0.5, 0.6) is 17.2 Å². The number of hydrogen-bond acceptors (Lipinski definition) is 5. The number of benzene rings is 2. The van der Waals surface area contributed by atoms with E-state index in [0.29, 0.717) is 22.9 Å². The first-order chi connectivity index (χ1) is 13.7. The average Bonchev–Trinajstić information content (AvgIpc) is 3.21. The summed E-state index contributed by atoms with van der Waals surface area (Å²) in [5, 5.41) is 7.41. The normalized spacial score (nSPS) is 15.5. The fourth-order valence-corrected chi connectivity index (χ4v) is 3.73. The summed E-state index contributed by atoms with van der Waals surface area (Å²) in [6, 6.07) is 13.5. The SMILES string of the molecule is COc1cc2c(c(OC)c1OC)C(c1ccnn1-c1ccccc1)CC(=O)N2. The zero-order valence-corrected chi connectivity index (χ0v) is 15.9. The Morgan fingerprint density at radius 1 is 1.04 bits per heavy atom. The Bertz CT molecular complexity index is 1010. The molecule has 3 aromatic rings. The summed E-state index contributed by atoms with van der Waals surface area (Å²) in [4.78, 5) is 12.5. The van der Waals surface area contributed by atoms with Crippen molar-refractivity contribution in [2.45, 2.75) is 12.3 Å². The van der Waals surface area contributed by atoms with Crippen molar-refractivity contribution in [2.24, 2.45) is 0 Å². The third-order valence-corrected chi connectivity index (χ3v) is 4.91. The first-order valence-corrected chi connectivity index (χ1v) is 8.90. The molecule has 28 heavy (non-hydrogen) atoms. The summed E-state index contributed by atoms with van der Waals surface area (Å²) in [6.07, 6.45) is 2.01. The maximum atomic E-state index is 12.5. The van der Waals surface area contributed by atoms with E-state index in [-0.39, 0.29) is 18.2 Å². The van der Waals surface area contributed by atoms with Crippen LogP contribution in [0.25, 0.3) is 5.69 Å². The van der Waals surface area contributed by atoms with E-state index < -0.39 is 0 Å². The van der Waals surface area contributed by atoms with Gasteiger partial charge in [0.05, 0.1) is 38.4 Å². The minimum absolute atomic E-state index is 0.0763. The summed E-state index contributed by atoms with van der Waals surface area (Å²) < 4.78 is 18.5. The second kappa shape index (κ2) is 7.26. The largest absolute Gasteiger partial charge is 0.493 e. The van der Waals surface area contributed by atoms with Crippen LogP contribution in [0.2, 0.25) is 0 Å². The van der Waals surface area contributed by atoms with Gasteiger partial charge in [-0.1, -0.05) is 18.2 Å². The number of aromatic nitrogens is 2. The molecule has 1 atom stereocenters. The molecule has 1 amide bonds. The summed E-state index contributed by atoms with van der Waals surface area (Å²) >= 11 is 0. The van der Waals surface area contributed by atoms with Gasteiger partial charge in [-0.3, -0.25) is 4.79 Å². The molecule has 7 nitrogen and oxygen atoms in total. The lowest BCUT2D eigenvalue weighted by Crippen LogP contribution is -2.25. The number of ether oxygens (including phenoxy) is 3. The van der Waals surface area contributed by atoms with E-state index in [1.165, 1.54) is 0 Å². The average molecular weight is 379 g/mol. The van der Waals surface area contributed by atoms with Gasteiger partial charge in [0.2, 0.25) is 11.7 Å². The highest BCUT2D eigenvalue weighted by molar-refractivity contribution is 5.97. The van der Waals surface area contributed by atoms with E-state index in [1.54, 1.807) is 33.6 Å². The van der Waals surface area contributed by atoms with E-state index in [2.05, 4.69) is 10.4 Å². The first kappa shape index (κ1) is 17.9. The molecule has 2 heterocycles. The molecular formula is C21H21N3O4. The van der Waals surface area contributed by atoms with Gasteiger partial charge in [0.15, 0.2) is 11.5 Å². The lowest BCUT2D eigenvalue weighted by atomic mass is 9.86. The van der Waals surface area contributed by atoms with Gasteiger partial charge in [0.25, 0.3) is 0 Å². The van der Waals surface area contributed by atoms with Crippen molar-refractivity contribution in [3.05, 3.63) is 59.9 Å². The molecule has 1 aromatic heterocycles. The maximum Gasteiger partial charge on any atom is 0.225 e. The minimum Gasteiger partial charge on any atom is -0.493 e. The third kappa shape index (κ3) is 2.85. The van der Waals surface area contributed by atoms with Crippen molar-refractivity contribution in [2.75, 3.05) is 26.6 Å². The quantitative estimate of drug-likeness (QED) is 0.736. The van der Waals surface area contributed by atoms with Crippen LogP contribution in [0.3, 0.4) is 0 Å². The van der Waals surface area contributed by atoms with Crippen LogP contribution < -0.4 is 19.5 Å². The number of amides is 1. The first-order valence-electron chi connectivity index (χ1n) is 8.90. The lowest BCUT2D eigenvalue weighted by molar-refractivity contribution is -0.116. The van der Waals surface area contributed by atoms with Gasteiger partial charge in [-0.05, 0) is 18.2 Å². The molecule has 0 saturated heterocycles. The molecule has 1 N–H and O–H groups in total. The predicted octanol–water partition coefficient (Wildman–Crippen LogP) is 3.37. The molecule has 1 aliphatic rings. The van der Waals surface area contributed by atoms with Crippen LogP contribution in [0, 0.1) is 0 Å². The minimum atomic E-state index is -0.249. The molecule has 7 heteroatoms. The fourth-order valence-electron chi connectivity index (χ4n) is 3.73. The summed E-state index contributed by atoms with van der Waals surface area (Å²) in [5.41, 5.74) is 3.32. The monoisotopic (exact) mass is 379 g/mol. The van der Waals surface area contributed by atoms with Crippen molar-refractivity contribution < 1.29 is 19.0 Å². The number of rotatable bonds is 5. The van der Waals surface area contributed by atoms with Crippen LogP contribution in [-0.2, 0) is 4.79 Å². The lowest BCUT2D eigenvalue weighted by Gasteiger charge is -2.29. The van der Waals surface area contributed by atoms with Crippen LogP contribution in [0.1, 0.15) is 23.6 Å². The number of para-hydroxylation sites is 1. The molecule has 0 aliphatic carbocycles. The highest BCUT2D eigenvalue weighted by atomic mass is 16.5. The van der Waals surface area contributed by atoms with Crippen molar-refractivity contribution in [3.63, 3.8) is 0 Å². The Hall–Kier alpha value is -3.48. The van der Waals surface area contributed by atoms with Gasteiger partial charge in [-0.25, -0.2) is 4.68 Å². The second-order valence-electron chi connectivity index (χ2n) is 6.41. The number of anilines is 1. The third-order valence-electron chi connectivity index (χ3n) is 4.91. The fraction of sp³-hybridized carbons (Fsp3) is 0.238. The van der Waals surface area contributed by atoms with Crippen molar-refractivity contribution in [1.29, 1.82) is 0 Å².